The standard InChI is InChI=1S/C11H14ClN3O3S2/c1-2-19-11-13-5-8(12)9(15-11)10(16)14-7-3-4-20(17,18)6-7/h5,7H,2-4,6H2,1H3,(H,14,16)/t7-/m0/s1. The predicted molar refractivity (Wildman–Crippen MR) is 78.0 cm³/mol. The minimum Gasteiger partial charge on any atom is -0.347 e. The number of nitrogens with zero attached hydrogens (tertiary/aromatic N) is 2. The summed E-state index contributed by atoms with van der Waals surface area (Å²) in [6.45, 7) is 1.95. The van der Waals surface area contributed by atoms with Crippen LogP contribution in [0.15, 0.2) is 11.4 Å². The van der Waals surface area contributed by atoms with Crippen molar-refractivity contribution in [2.75, 3.05) is 17.3 Å². The van der Waals surface area contributed by atoms with Crippen LogP contribution in [0, 0.1) is 0 Å². The SMILES string of the molecule is CCSc1ncc(Cl)c(C(=O)N[C@H]2CCS(=O)(=O)C2)n1. The second-order valence-electron chi connectivity index (χ2n) is 4.36. The Hall–Kier alpha value is -0.860. The normalized spacial score (nSPS) is 20.8. The lowest BCUT2D eigenvalue weighted by atomic mass is 10.2. The Bertz CT molecular complexity index is 621. The van der Waals surface area contributed by atoms with Crippen molar-refractivity contribution in [3.63, 3.8) is 0 Å². The number of hydrogen-bond acceptors (Lipinski definition) is 6. The monoisotopic (exact) mass is 335 g/mol. The molecule has 1 N–H and O–H groups in total. The zero-order valence-electron chi connectivity index (χ0n) is 10.8. The van der Waals surface area contributed by atoms with Gasteiger partial charge in [0.05, 0.1) is 22.7 Å². The summed E-state index contributed by atoms with van der Waals surface area (Å²) in [6, 6.07) is -0.374. The lowest BCUT2D eigenvalue weighted by molar-refractivity contribution is 0.0935. The molecule has 1 amide bonds. The Balaban J connectivity index is 2.11. The third-order valence-electron chi connectivity index (χ3n) is 2.78. The van der Waals surface area contributed by atoms with Gasteiger partial charge in [0.2, 0.25) is 0 Å². The maximum absolute atomic E-state index is 12.1. The molecular formula is C11H14ClN3O3S2. The predicted octanol–water partition coefficient (Wildman–Crippen LogP) is 1.16. The highest BCUT2D eigenvalue weighted by atomic mass is 35.5. The minimum absolute atomic E-state index is 0.0298. The average Bonchev–Trinajstić information content (AvgIpc) is 2.71. The molecular weight excluding hydrogens is 322 g/mol. The quantitative estimate of drug-likeness (QED) is 0.656. The van der Waals surface area contributed by atoms with Crippen LogP contribution in [0.1, 0.15) is 23.8 Å². The van der Waals surface area contributed by atoms with Crippen LogP contribution in [0.25, 0.3) is 0 Å². The van der Waals surface area contributed by atoms with Crippen molar-refractivity contribution in [3.8, 4) is 0 Å². The van der Waals surface area contributed by atoms with Gasteiger partial charge in [-0.1, -0.05) is 30.3 Å². The van der Waals surface area contributed by atoms with E-state index in [2.05, 4.69) is 15.3 Å². The van der Waals surface area contributed by atoms with Crippen molar-refractivity contribution in [3.05, 3.63) is 16.9 Å². The summed E-state index contributed by atoms with van der Waals surface area (Å²) < 4.78 is 22.7. The Morgan fingerprint density at radius 2 is 2.35 bits per heavy atom. The third-order valence-corrected chi connectivity index (χ3v) is 5.57. The lowest BCUT2D eigenvalue weighted by Gasteiger charge is -2.11. The molecule has 0 aromatic carbocycles. The molecule has 0 aliphatic carbocycles. The Kier molecular flexibility index (Phi) is 4.87. The highest BCUT2D eigenvalue weighted by Gasteiger charge is 2.30. The second-order valence-corrected chi connectivity index (χ2v) is 8.22. The van der Waals surface area contributed by atoms with Gasteiger partial charge >= 0.3 is 0 Å². The summed E-state index contributed by atoms with van der Waals surface area (Å²) in [5, 5.41) is 3.29. The van der Waals surface area contributed by atoms with Crippen LogP contribution < -0.4 is 5.32 Å². The maximum Gasteiger partial charge on any atom is 0.271 e. The minimum atomic E-state index is -3.03. The number of carbonyl (C=O) groups is 1. The molecule has 2 rings (SSSR count). The third kappa shape index (κ3) is 3.83. The molecule has 6 nitrogen and oxygen atoms in total. The van der Waals surface area contributed by atoms with Crippen molar-refractivity contribution in [1.82, 2.24) is 15.3 Å². The Morgan fingerprint density at radius 1 is 1.60 bits per heavy atom. The molecule has 1 atom stereocenters. The molecule has 110 valence electrons. The lowest BCUT2D eigenvalue weighted by Crippen LogP contribution is -2.36. The van der Waals surface area contributed by atoms with Gasteiger partial charge in [-0.15, -0.1) is 0 Å². The van der Waals surface area contributed by atoms with Crippen LogP contribution >= 0.6 is 23.4 Å². The van der Waals surface area contributed by atoms with Gasteiger partial charge in [0.15, 0.2) is 20.7 Å². The van der Waals surface area contributed by atoms with Crippen molar-refractivity contribution in [2.24, 2.45) is 0 Å². The second kappa shape index (κ2) is 6.28. The summed E-state index contributed by atoms with van der Waals surface area (Å²) >= 11 is 7.32. The van der Waals surface area contributed by atoms with Crippen LogP contribution in [-0.4, -0.2) is 47.6 Å². The fraction of sp³-hybridized carbons (Fsp3) is 0.545. The molecule has 20 heavy (non-hydrogen) atoms. The highest BCUT2D eigenvalue weighted by molar-refractivity contribution is 7.99. The molecule has 0 spiro atoms. The number of thioether (sulfide) groups is 1. The van der Waals surface area contributed by atoms with Crippen molar-refractivity contribution >= 4 is 39.1 Å². The average molecular weight is 336 g/mol. The summed E-state index contributed by atoms with van der Waals surface area (Å²) in [5.41, 5.74) is 0.0851. The molecule has 1 aromatic rings. The first-order valence-corrected chi connectivity index (χ1v) is 9.26. The van der Waals surface area contributed by atoms with Crippen LogP contribution in [0.5, 0.6) is 0 Å². The first kappa shape index (κ1) is 15.5. The highest BCUT2D eigenvalue weighted by Crippen LogP contribution is 2.19. The number of sulfone groups is 1. The van der Waals surface area contributed by atoms with E-state index < -0.39 is 15.7 Å². The van der Waals surface area contributed by atoms with Crippen molar-refractivity contribution < 1.29 is 13.2 Å². The first-order chi connectivity index (χ1) is 9.41. The zero-order valence-corrected chi connectivity index (χ0v) is 13.2. The summed E-state index contributed by atoms with van der Waals surface area (Å²) in [6.07, 6.45) is 1.81. The van der Waals surface area contributed by atoms with E-state index in [4.69, 9.17) is 11.6 Å². The molecule has 0 unspecified atom stereocenters. The first-order valence-electron chi connectivity index (χ1n) is 6.08. The van der Waals surface area contributed by atoms with Crippen molar-refractivity contribution in [1.29, 1.82) is 0 Å². The molecule has 1 aromatic heterocycles. The van der Waals surface area contributed by atoms with E-state index in [1.807, 2.05) is 6.92 Å². The fourth-order valence-electron chi connectivity index (χ4n) is 1.87. The number of nitrogens with one attached hydrogen (secondary N) is 1. The zero-order chi connectivity index (χ0) is 14.8. The Labute approximate surface area is 126 Å². The number of amides is 1. The van der Waals surface area contributed by atoms with Crippen LogP contribution in [0.2, 0.25) is 5.02 Å². The van der Waals surface area contributed by atoms with E-state index in [9.17, 15) is 13.2 Å². The molecule has 1 aliphatic rings. The van der Waals surface area contributed by atoms with Gasteiger partial charge in [0.25, 0.3) is 5.91 Å². The largest absolute Gasteiger partial charge is 0.347 e. The van der Waals surface area contributed by atoms with Crippen LogP contribution in [0.3, 0.4) is 0 Å². The number of carbonyl (C=O) groups excluding carboxylic acids is 1. The van der Waals surface area contributed by atoms with Gasteiger partial charge in [0, 0.05) is 6.04 Å². The van der Waals surface area contributed by atoms with Crippen LogP contribution in [-0.2, 0) is 9.84 Å². The van der Waals surface area contributed by atoms with Crippen LogP contribution in [0.4, 0.5) is 0 Å². The van der Waals surface area contributed by atoms with E-state index in [1.54, 1.807) is 0 Å². The molecule has 1 aliphatic heterocycles. The number of aromatic nitrogens is 2. The van der Waals surface area contributed by atoms with E-state index in [0.717, 1.165) is 5.75 Å². The summed E-state index contributed by atoms with van der Waals surface area (Å²) in [4.78, 5) is 20.2. The van der Waals surface area contributed by atoms with Gasteiger partial charge in [-0.05, 0) is 12.2 Å². The molecule has 1 fully saturated rings. The van der Waals surface area contributed by atoms with Gasteiger partial charge in [-0.2, -0.15) is 0 Å². The van der Waals surface area contributed by atoms with Gasteiger partial charge < -0.3 is 5.32 Å². The van der Waals surface area contributed by atoms with E-state index in [0.29, 0.717) is 11.6 Å². The summed E-state index contributed by atoms with van der Waals surface area (Å²) in [7, 11) is -3.03. The van der Waals surface area contributed by atoms with Gasteiger partial charge in [-0.3, -0.25) is 4.79 Å². The molecule has 0 bridgehead atoms. The smallest absolute Gasteiger partial charge is 0.271 e. The molecule has 9 heteroatoms. The topological polar surface area (TPSA) is 89.0 Å². The fourth-order valence-corrected chi connectivity index (χ4v) is 4.26. The Morgan fingerprint density at radius 3 is 2.95 bits per heavy atom. The number of rotatable bonds is 4. The number of halogens is 1. The molecule has 0 saturated carbocycles. The summed E-state index contributed by atoms with van der Waals surface area (Å²) in [5.74, 6) is 0.394. The van der Waals surface area contributed by atoms with E-state index in [1.165, 1.54) is 18.0 Å². The van der Waals surface area contributed by atoms with Gasteiger partial charge in [0.1, 0.15) is 0 Å². The maximum atomic E-state index is 12.1. The van der Waals surface area contributed by atoms with Crippen molar-refractivity contribution in [2.45, 2.75) is 24.5 Å². The molecule has 1 saturated heterocycles. The molecule has 0 radical (unpaired) electrons. The van der Waals surface area contributed by atoms with E-state index in [-0.39, 0.29) is 28.3 Å². The van der Waals surface area contributed by atoms with E-state index >= 15 is 0 Å². The number of hydrogen-bond donors (Lipinski definition) is 1. The molecule has 2 heterocycles. The van der Waals surface area contributed by atoms with Gasteiger partial charge in [-0.25, -0.2) is 18.4 Å².